The SMILES string of the molecule is CCOC(=O)c1ccc(NC(=O)[C@H](CC)CNC(=O)N2CCC[C@H]2C(=O)NC(C(=O)C(F)(F)F)C(C)C)cc1. The number of benzene rings is 1. The van der Waals surface area contributed by atoms with Crippen LogP contribution in [0.1, 0.15) is 57.3 Å². The number of halogens is 3. The Morgan fingerprint density at radius 1 is 1.08 bits per heavy atom. The van der Waals surface area contributed by atoms with E-state index in [1.165, 1.54) is 30.9 Å². The van der Waals surface area contributed by atoms with E-state index in [1.807, 2.05) is 0 Å². The number of anilines is 1. The normalized spacial score (nSPS) is 16.8. The van der Waals surface area contributed by atoms with Crippen molar-refractivity contribution in [3.05, 3.63) is 29.8 Å². The predicted molar refractivity (Wildman–Crippen MR) is 136 cm³/mol. The average Bonchev–Trinajstić information content (AvgIpc) is 3.37. The Labute approximate surface area is 225 Å². The van der Waals surface area contributed by atoms with Gasteiger partial charge in [0.25, 0.3) is 5.78 Å². The van der Waals surface area contributed by atoms with Crippen molar-refractivity contribution in [1.82, 2.24) is 15.5 Å². The van der Waals surface area contributed by atoms with Gasteiger partial charge in [-0.1, -0.05) is 20.8 Å². The number of carbonyl (C=O) groups is 5. The maximum absolute atomic E-state index is 13.0. The summed E-state index contributed by atoms with van der Waals surface area (Å²) in [6.45, 7) is 6.61. The van der Waals surface area contributed by atoms with Crippen LogP contribution < -0.4 is 16.0 Å². The second-order valence-electron chi connectivity index (χ2n) is 9.52. The fourth-order valence-corrected chi connectivity index (χ4v) is 4.13. The Bertz CT molecular complexity index is 1050. The van der Waals surface area contributed by atoms with Crippen molar-refractivity contribution in [3.63, 3.8) is 0 Å². The van der Waals surface area contributed by atoms with Crippen LogP contribution in [0.3, 0.4) is 0 Å². The molecule has 0 radical (unpaired) electrons. The molecule has 0 saturated carbocycles. The van der Waals surface area contributed by atoms with Crippen molar-refractivity contribution in [2.24, 2.45) is 11.8 Å². The highest BCUT2D eigenvalue weighted by Crippen LogP contribution is 2.23. The fourth-order valence-electron chi connectivity index (χ4n) is 4.13. The topological polar surface area (TPSA) is 134 Å². The molecule has 1 aromatic carbocycles. The van der Waals surface area contributed by atoms with Gasteiger partial charge in [0, 0.05) is 18.8 Å². The van der Waals surface area contributed by atoms with Crippen molar-refractivity contribution in [2.45, 2.75) is 65.2 Å². The highest BCUT2D eigenvalue weighted by atomic mass is 19.4. The smallest absolute Gasteiger partial charge is 0.452 e. The zero-order chi connectivity index (χ0) is 29.3. The summed E-state index contributed by atoms with van der Waals surface area (Å²) in [7, 11) is 0. The molecule has 13 heteroatoms. The molecule has 2 rings (SSSR count). The summed E-state index contributed by atoms with van der Waals surface area (Å²) >= 11 is 0. The number of amides is 4. The number of rotatable bonds is 11. The molecule has 39 heavy (non-hydrogen) atoms. The van der Waals surface area contributed by atoms with E-state index in [2.05, 4.69) is 16.0 Å². The van der Waals surface area contributed by atoms with Crippen molar-refractivity contribution in [2.75, 3.05) is 25.0 Å². The minimum absolute atomic E-state index is 0.0475. The number of likely N-dealkylation sites (tertiary alicyclic amines) is 1. The van der Waals surface area contributed by atoms with Crippen LogP contribution in [0.4, 0.5) is 23.7 Å². The van der Waals surface area contributed by atoms with Crippen LogP contribution in [0.25, 0.3) is 0 Å². The van der Waals surface area contributed by atoms with Crippen LogP contribution in [-0.2, 0) is 19.1 Å². The second-order valence-corrected chi connectivity index (χ2v) is 9.52. The third-order valence-electron chi connectivity index (χ3n) is 6.37. The van der Waals surface area contributed by atoms with Gasteiger partial charge in [0.15, 0.2) is 0 Å². The molecule has 1 aliphatic rings. The van der Waals surface area contributed by atoms with E-state index in [1.54, 1.807) is 26.0 Å². The van der Waals surface area contributed by atoms with Gasteiger partial charge in [0.2, 0.25) is 11.8 Å². The van der Waals surface area contributed by atoms with Crippen molar-refractivity contribution in [1.29, 1.82) is 0 Å². The highest BCUT2D eigenvalue weighted by Gasteiger charge is 2.46. The third-order valence-corrected chi connectivity index (χ3v) is 6.37. The number of nitrogens with one attached hydrogen (secondary N) is 3. The number of esters is 1. The minimum atomic E-state index is -5.10. The number of ketones is 1. The summed E-state index contributed by atoms with van der Waals surface area (Å²) in [6, 6.07) is 2.69. The number of ether oxygens (including phenoxy) is 1. The van der Waals surface area contributed by atoms with Gasteiger partial charge in [-0.15, -0.1) is 0 Å². The second kappa shape index (κ2) is 13.9. The van der Waals surface area contributed by atoms with E-state index >= 15 is 0 Å². The summed E-state index contributed by atoms with van der Waals surface area (Å²) in [6.07, 6.45) is -4.05. The van der Waals surface area contributed by atoms with Gasteiger partial charge in [-0.3, -0.25) is 14.4 Å². The first-order valence-electron chi connectivity index (χ1n) is 12.8. The third kappa shape index (κ3) is 8.69. The maximum atomic E-state index is 13.0. The lowest BCUT2D eigenvalue weighted by Crippen LogP contribution is -2.56. The molecular weight excluding hydrogens is 521 g/mol. The first-order valence-corrected chi connectivity index (χ1v) is 12.8. The average molecular weight is 557 g/mol. The molecular formula is C26H35F3N4O6. The minimum Gasteiger partial charge on any atom is -0.462 e. The van der Waals surface area contributed by atoms with E-state index in [4.69, 9.17) is 4.74 Å². The summed E-state index contributed by atoms with van der Waals surface area (Å²) in [5.41, 5.74) is 0.781. The zero-order valence-electron chi connectivity index (χ0n) is 22.4. The molecule has 1 heterocycles. The number of hydrogen-bond acceptors (Lipinski definition) is 6. The van der Waals surface area contributed by atoms with E-state index in [9.17, 15) is 37.1 Å². The molecule has 216 valence electrons. The molecule has 1 aliphatic heterocycles. The van der Waals surface area contributed by atoms with E-state index in [0.29, 0.717) is 24.1 Å². The van der Waals surface area contributed by atoms with Crippen molar-refractivity contribution < 1.29 is 41.9 Å². The molecule has 0 spiro atoms. The molecule has 1 fully saturated rings. The van der Waals surface area contributed by atoms with Gasteiger partial charge < -0.3 is 25.6 Å². The first kappa shape index (κ1) is 31.6. The summed E-state index contributed by atoms with van der Waals surface area (Å²) < 4.78 is 43.8. The Morgan fingerprint density at radius 3 is 2.26 bits per heavy atom. The molecule has 3 N–H and O–H groups in total. The summed E-state index contributed by atoms with van der Waals surface area (Å²) in [5.74, 6) is -5.17. The van der Waals surface area contributed by atoms with Crippen LogP contribution in [0, 0.1) is 11.8 Å². The molecule has 0 aliphatic carbocycles. The highest BCUT2D eigenvalue weighted by molar-refractivity contribution is 5.96. The van der Waals surface area contributed by atoms with Gasteiger partial charge in [0.1, 0.15) is 6.04 Å². The van der Waals surface area contributed by atoms with Gasteiger partial charge in [-0.2, -0.15) is 13.2 Å². The summed E-state index contributed by atoms with van der Waals surface area (Å²) in [5, 5.41) is 7.51. The molecule has 3 atom stereocenters. The molecule has 1 unspecified atom stereocenters. The Balaban J connectivity index is 1.96. The summed E-state index contributed by atoms with van der Waals surface area (Å²) in [4.78, 5) is 63.1. The van der Waals surface area contributed by atoms with Crippen LogP contribution in [-0.4, -0.2) is 72.5 Å². The lowest BCUT2D eigenvalue weighted by Gasteiger charge is -2.28. The largest absolute Gasteiger partial charge is 0.462 e. The van der Waals surface area contributed by atoms with Gasteiger partial charge in [-0.05, 0) is 56.4 Å². The Kier molecular flexibility index (Phi) is 11.3. The van der Waals surface area contributed by atoms with Gasteiger partial charge in [-0.25, -0.2) is 9.59 Å². The Morgan fingerprint density at radius 2 is 1.72 bits per heavy atom. The molecule has 4 amide bonds. The lowest BCUT2D eigenvalue weighted by molar-refractivity contribution is -0.175. The van der Waals surface area contributed by atoms with E-state index in [-0.39, 0.29) is 32.0 Å². The number of Topliss-reactive ketones (excluding diaryl/α,β-unsaturated/α-hetero) is 1. The van der Waals surface area contributed by atoms with Crippen molar-refractivity contribution in [3.8, 4) is 0 Å². The van der Waals surface area contributed by atoms with Crippen LogP contribution in [0.2, 0.25) is 0 Å². The van der Waals surface area contributed by atoms with Gasteiger partial charge in [0.05, 0.1) is 24.1 Å². The number of hydrogen-bond donors (Lipinski definition) is 3. The predicted octanol–water partition coefficient (Wildman–Crippen LogP) is 3.27. The van der Waals surface area contributed by atoms with Crippen LogP contribution >= 0.6 is 0 Å². The molecule has 1 saturated heterocycles. The first-order chi connectivity index (χ1) is 18.3. The molecule has 0 aromatic heterocycles. The number of carbonyl (C=O) groups excluding carboxylic acids is 5. The monoisotopic (exact) mass is 556 g/mol. The maximum Gasteiger partial charge on any atom is 0.452 e. The number of nitrogens with zero attached hydrogens (tertiary/aromatic N) is 1. The van der Waals surface area contributed by atoms with E-state index < -0.39 is 53.8 Å². The number of urea groups is 1. The quantitative estimate of drug-likeness (QED) is 0.358. The van der Waals surface area contributed by atoms with Gasteiger partial charge >= 0.3 is 18.2 Å². The van der Waals surface area contributed by atoms with Crippen LogP contribution in [0.5, 0.6) is 0 Å². The number of alkyl halides is 3. The Hall–Kier alpha value is -3.64. The molecule has 10 nitrogen and oxygen atoms in total. The lowest BCUT2D eigenvalue weighted by atomic mass is 9.98. The van der Waals surface area contributed by atoms with Crippen molar-refractivity contribution >= 4 is 35.3 Å². The molecule has 1 aromatic rings. The fraction of sp³-hybridized carbons (Fsp3) is 0.577. The molecule has 0 bridgehead atoms. The standard InChI is InChI=1S/C26H35F3N4O6/c1-5-16(22(35)31-18-11-9-17(10-12-18)24(37)39-6-2)14-30-25(38)33-13-7-8-19(33)23(36)32-20(15(3)4)21(34)26(27,28)29/h9-12,15-16,19-20H,5-8,13-14H2,1-4H3,(H,30,38)(H,31,35)(H,32,36)/t16-,19+,20?/m1/s1. The zero-order valence-corrected chi connectivity index (χ0v) is 22.4. The van der Waals surface area contributed by atoms with E-state index in [0.717, 1.165) is 0 Å². The van der Waals surface area contributed by atoms with Crippen LogP contribution in [0.15, 0.2) is 24.3 Å².